The van der Waals surface area contributed by atoms with E-state index in [9.17, 15) is 9.59 Å². The summed E-state index contributed by atoms with van der Waals surface area (Å²) in [6.45, 7) is 5.46. The van der Waals surface area contributed by atoms with Gasteiger partial charge in [0.15, 0.2) is 5.76 Å². The van der Waals surface area contributed by atoms with Crippen LogP contribution in [-0.4, -0.2) is 46.3 Å². The van der Waals surface area contributed by atoms with E-state index in [-0.39, 0.29) is 11.8 Å². The van der Waals surface area contributed by atoms with Crippen LogP contribution in [0.3, 0.4) is 0 Å². The average Bonchev–Trinajstić information content (AvgIpc) is 3.34. The van der Waals surface area contributed by atoms with E-state index in [4.69, 9.17) is 4.42 Å². The van der Waals surface area contributed by atoms with E-state index < -0.39 is 5.54 Å². The lowest BCUT2D eigenvalue weighted by Crippen LogP contribution is -2.61. The van der Waals surface area contributed by atoms with E-state index in [0.717, 1.165) is 67.2 Å². The van der Waals surface area contributed by atoms with Crippen LogP contribution in [0, 0.1) is 13.8 Å². The maximum atomic E-state index is 13.5. The third kappa shape index (κ3) is 2.43. The molecule has 1 aromatic carbocycles. The zero-order valence-corrected chi connectivity index (χ0v) is 16.1. The molecule has 27 heavy (non-hydrogen) atoms. The fraction of sp³-hybridized carbons (Fsp3) is 0.545. The molecule has 5 heteroatoms. The highest BCUT2D eigenvalue weighted by atomic mass is 16.3. The minimum absolute atomic E-state index is 0.121. The molecule has 5 nitrogen and oxygen atoms in total. The van der Waals surface area contributed by atoms with Gasteiger partial charge in [-0.15, -0.1) is 0 Å². The van der Waals surface area contributed by atoms with Gasteiger partial charge >= 0.3 is 0 Å². The fourth-order valence-corrected chi connectivity index (χ4v) is 5.07. The first-order valence-electron chi connectivity index (χ1n) is 10.1. The Labute approximate surface area is 159 Å². The molecule has 0 N–H and O–H groups in total. The van der Waals surface area contributed by atoms with Crippen molar-refractivity contribution in [2.75, 3.05) is 13.1 Å². The average molecular weight is 366 g/mol. The monoisotopic (exact) mass is 366 g/mol. The molecule has 0 bridgehead atoms. The third-order valence-corrected chi connectivity index (χ3v) is 6.66. The van der Waals surface area contributed by atoms with Crippen molar-refractivity contribution in [3.8, 4) is 0 Å². The van der Waals surface area contributed by atoms with Gasteiger partial charge in [0.1, 0.15) is 11.1 Å². The smallest absolute Gasteiger partial charge is 0.290 e. The number of furan rings is 1. The molecule has 5 rings (SSSR count). The molecule has 1 spiro atoms. The van der Waals surface area contributed by atoms with Crippen molar-refractivity contribution in [1.82, 2.24) is 9.80 Å². The lowest BCUT2D eigenvalue weighted by Gasteiger charge is -2.44. The molecule has 3 fully saturated rings. The van der Waals surface area contributed by atoms with Crippen molar-refractivity contribution in [2.45, 2.75) is 64.0 Å². The fourth-order valence-electron chi connectivity index (χ4n) is 5.07. The Kier molecular flexibility index (Phi) is 3.65. The van der Waals surface area contributed by atoms with Crippen LogP contribution in [0.5, 0.6) is 0 Å². The van der Waals surface area contributed by atoms with Crippen LogP contribution >= 0.6 is 0 Å². The number of rotatable bonds is 2. The van der Waals surface area contributed by atoms with E-state index in [1.165, 1.54) is 0 Å². The van der Waals surface area contributed by atoms with Crippen molar-refractivity contribution in [2.24, 2.45) is 0 Å². The highest BCUT2D eigenvalue weighted by molar-refractivity contribution is 6.02. The van der Waals surface area contributed by atoms with Gasteiger partial charge < -0.3 is 14.2 Å². The first kappa shape index (κ1) is 16.8. The third-order valence-electron chi connectivity index (χ3n) is 6.66. The number of benzene rings is 1. The maximum Gasteiger partial charge on any atom is 0.290 e. The summed E-state index contributed by atoms with van der Waals surface area (Å²) in [5.74, 6) is 0.449. The molecule has 1 saturated carbocycles. The number of amides is 2. The van der Waals surface area contributed by atoms with Crippen LogP contribution in [0.2, 0.25) is 0 Å². The molecule has 1 unspecified atom stereocenters. The number of nitrogens with zero attached hydrogens (tertiary/aromatic N) is 2. The highest BCUT2D eigenvalue weighted by Gasteiger charge is 2.55. The summed E-state index contributed by atoms with van der Waals surface area (Å²) < 4.78 is 5.97. The van der Waals surface area contributed by atoms with Gasteiger partial charge in [-0.3, -0.25) is 9.59 Å². The molecule has 2 aliphatic heterocycles. The van der Waals surface area contributed by atoms with Gasteiger partial charge in [0.05, 0.1) is 0 Å². The predicted octanol–water partition coefficient (Wildman–Crippen LogP) is 3.81. The molecule has 1 aliphatic carbocycles. The Morgan fingerprint density at radius 1 is 1.15 bits per heavy atom. The SMILES string of the molecule is Cc1ccc2oc(C(=O)N3CCCC34CCCN(C3CC3)C4=O)c(C)c2c1. The van der Waals surface area contributed by atoms with E-state index >= 15 is 0 Å². The van der Waals surface area contributed by atoms with Crippen molar-refractivity contribution >= 4 is 22.8 Å². The Balaban J connectivity index is 1.52. The quantitative estimate of drug-likeness (QED) is 0.812. The summed E-state index contributed by atoms with van der Waals surface area (Å²) >= 11 is 0. The van der Waals surface area contributed by atoms with E-state index in [1.54, 1.807) is 0 Å². The Morgan fingerprint density at radius 2 is 1.89 bits per heavy atom. The van der Waals surface area contributed by atoms with Gasteiger partial charge in [0.2, 0.25) is 5.91 Å². The van der Waals surface area contributed by atoms with E-state index in [1.807, 2.05) is 35.8 Å². The molecule has 2 amide bonds. The highest BCUT2D eigenvalue weighted by Crippen LogP contribution is 2.43. The Morgan fingerprint density at radius 3 is 2.63 bits per heavy atom. The van der Waals surface area contributed by atoms with Crippen LogP contribution < -0.4 is 0 Å². The first-order valence-corrected chi connectivity index (χ1v) is 10.1. The number of likely N-dealkylation sites (tertiary alicyclic amines) is 2. The van der Waals surface area contributed by atoms with E-state index in [0.29, 0.717) is 18.3 Å². The standard InChI is InChI=1S/C22H26N2O3/c1-14-5-8-18-17(13-14)15(2)19(27-18)20(25)24-12-4-10-22(24)9-3-11-23(21(22)26)16-6-7-16/h5,8,13,16H,3-4,6-7,9-12H2,1-2H3. The summed E-state index contributed by atoms with van der Waals surface area (Å²) in [4.78, 5) is 30.8. The minimum atomic E-state index is -0.654. The molecule has 2 aromatic rings. The zero-order chi connectivity index (χ0) is 18.8. The van der Waals surface area contributed by atoms with Gasteiger partial charge in [-0.2, -0.15) is 0 Å². The summed E-state index contributed by atoms with van der Waals surface area (Å²) in [5, 5.41) is 0.987. The minimum Gasteiger partial charge on any atom is -0.451 e. The van der Waals surface area contributed by atoms with Crippen molar-refractivity contribution < 1.29 is 14.0 Å². The predicted molar refractivity (Wildman–Crippen MR) is 103 cm³/mol. The van der Waals surface area contributed by atoms with Gasteiger partial charge in [0.25, 0.3) is 5.91 Å². The first-order chi connectivity index (χ1) is 13.0. The van der Waals surface area contributed by atoms with Crippen molar-refractivity contribution in [3.63, 3.8) is 0 Å². The molecular weight excluding hydrogens is 340 g/mol. The van der Waals surface area contributed by atoms with Crippen molar-refractivity contribution in [1.29, 1.82) is 0 Å². The molecule has 0 radical (unpaired) electrons. The summed E-state index contributed by atoms with van der Waals surface area (Å²) in [5.41, 5.74) is 2.11. The van der Waals surface area contributed by atoms with Crippen LogP contribution in [-0.2, 0) is 4.79 Å². The number of carbonyl (C=O) groups excluding carboxylic acids is 2. The molecule has 1 atom stereocenters. The lowest BCUT2D eigenvalue weighted by molar-refractivity contribution is -0.146. The lowest BCUT2D eigenvalue weighted by atomic mass is 9.85. The summed E-state index contributed by atoms with van der Waals surface area (Å²) in [6, 6.07) is 6.39. The van der Waals surface area contributed by atoms with Gasteiger partial charge in [0, 0.05) is 30.1 Å². The van der Waals surface area contributed by atoms with Gasteiger partial charge in [-0.05, 0) is 64.5 Å². The second-order valence-electron chi connectivity index (χ2n) is 8.48. The molecular formula is C22H26N2O3. The largest absolute Gasteiger partial charge is 0.451 e. The number of carbonyl (C=O) groups is 2. The molecule has 3 heterocycles. The number of piperidine rings is 1. The van der Waals surface area contributed by atoms with Gasteiger partial charge in [-0.25, -0.2) is 0 Å². The van der Waals surface area contributed by atoms with Crippen molar-refractivity contribution in [3.05, 3.63) is 35.1 Å². The molecule has 2 saturated heterocycles. The number of hydrogen-bond donors (Lipinski definition) is 0. The van der Waals surface area contributed by atoms with E-state index in [2.05, 4.69) is 6.07 Å². The van der Waals surface area contributed by atoms with Crippen LogP contribution in [0.1, 0.15) is 60.2 Å². The topological polar surface area (TPSA) is 53.8 Å². The second kappa shape index (κ2) is 5.85. The number of fused-ring (bicyclic) bond motifs is 1. The van der Waals surface area contributed by atoms with Crippen LogP contribution in [0.15, 0.2) is 22.6 Å². The Hall–Kier alpha value is -2.30. The number of hydrogen-bond acceptors (Lipinski definition) is 3. The van der Waals surface area contributed by atoms with Crippen LogP contribution in [0.4, 0.5) is 0 Å². The molecule has 3 aliphatic rings. The second-order valence-corrected chi connectivity index (χ2v) is 8.48. The van der Waals surface area contributed by atoms with Gasteiger partial charge in [-0.1, -0.05) is 11.6 Å². The maximum absolute atomic E-state index is 13.5. The Bertz CT molecular complexity index is 942. The summed E-state index contributed by atoms with van der Waals surface area (Å²) in [6.07, 6.45) is 5.63. The molecule has 142 valence electrons. The molecule has 1 aromatic heterocycles. The number of aryl methyl sites for hydroxylation is 2. The normalized spacial score (nSPS) is 25.8. The zero-order valence-electron chi connectivity index (χ0n) is 16.1. The van der Waals surface area contributed by atoms with Crippen LogP contribution in [0.25, 0.3) is 11.0 Å². The summed E-state index contributed by atoms with van der Waals surface area (Å²) in [7, 11) is 0.